The topological polar surface area (TPSA) is 75.0 Å². The average Bonchev–Trinajstić information content (AvgIpc) is 2.80. The van der Waals surface area contributed by atoms with E-state index in [0.29, 0.717) is 10.6 Å². The molecule has 6 nitrogen and oxygen atoms in total. The quantitative estimate of drug-likeness (QED) is 0.296. The molecule has 31 heavy (non-hydrogen) atoms. The Labute approximate surface area is 186 Å². The number of esters is 1. The molecule has 0 saturated heterocycles. The van der Waals surface area contributed by atoms with Crippen LogP contribution in [0.25, 0.3) is 0 Å². The van der Waals surface area contributed by atoms with E-state index in [0.717, 1.165) is 25.3 Å². The average molecular weight is 438 g/mol. The lowest BCUT2D eigenvalue weighted by Crippen LogP contribution is -2.21. The number of phenolic OH excluding ortho intramolecular Hbond substituents is 1. The van der Waals surface area contributed by atoms with Crippen LogP contribution in [0.5, 0.6) is 11.5 Å². The third-order valence-corrected chi connectivity index (χ3v) is 4.98. The number of aromatic nitrogens is 1. The molecule has 0 aliphatic heterocycles. The second-order valence-electron chi connectivity index (χ2n) is 6.86. The Morgan fingerprint density at radius 3 is 2.58 bits per heavy atom. The van der Waals surface area contributed by atoms with Gasteiger partial charge in [0.2, 0.25) is 0 Å². The smallest absolute Gasteiger partial charge is 0.345 e. The lowest BCUT2D eigenvalue weighted by Gasteiger charge is -2.17. The summed E-state index contributed by atoms with van der Waals surface area (Å²) in [6, 6.07) is 14.0. The first-order chi connectivity index (χ1) is 15.0. The second-order valence-corrected chi connectivity index (χ2v) is 7.30. The maximum atomic E-state index is 12.3. The summed E-state index contributed by atoms with van der Waals surface area (Å²) in [6.07, 6.45) is 4.43. The van der Waals surface area contributed by atoms with Crippen molar-refractivity contribution in [3.8, 4) is 11.5 Å². The van der Waals surface area contributed by atoms with Gasteiger partial charge in [-0.25, -0.2) is 4.79 Å². The van der Waals surface area contributed by atoms with Crippen LogP contribution in [-0.4, -0.2) is 40.3 Å². The molecule has 0 aliphatic carbocycles. The molecule has 1 aromatic heterocycles. The van der Waals surface area contributed by atoms with E-state index in [-0.39, 0.29) is 17.1 Å². The highest BCUT2D eigenvalue weighted by Crippen LogP contribution is 2.33. The highest BCUT2D eigenvalue weighted by Gasteiger charge is 2.15. The Balaban J connectivity index is 1.75. The standard InChI is InChI=1S/C24H24ClN3O3/c1-3-28(4-2)16-17-7-9-21(10-8-17)27-15-19-12-20(25)13-22(23(19)29)31-24(30)18-6-5-11-26-14-18/h5-15,29H,3-4,16H2,1-2H3. The second kappa shape index (κ2) is 10.7. The zero-order valence-electron chi connectivity index (χ0n) is 17.5. The largest absolute Gasteiger partial charge is 0.504 e. The molecule has 1 heterocycles. The van der Waals surface area contributed by atoms with Gasteiger partial charge in [0, 0.05) is 41.8 Å². The van der Waals surface area contributed by atoms with Gasteiger partial charge in [0.15, 0.2) is 11.5 Å². The number of carbonyl (C=O) groups excluding carboxylic acids is 1. The van der Waals surface area contributed by atoms with Crippen molar-refractivity contribution in [1.82, 2.24) is 9.88 Å². The van der Waals surface area contributed by atoms with E-state index in [1.807, 2.05) is 24.3 Å². The van der Waals surface area contributed by atoms with Crippen molar-refractivity contribution in [1.29, 1.82) is 0 Å². The van der Waals surface area contributed by atoms with Gasteiger partial charge < -0.3 is 9.84 Å². The minimum absolute atomic E-state index is 0.0441. The molecule has 7 heteroatoms. The van der Waals surface area contributed by atoms with Crippen molar-refractivity contribution in [2.24, 2.45) is 4.99 Å². The minimum Gasteiger partial charge on any atom is -0.504 e. The summed E-state index contributed by atoms with van der Waals surface area (Å²) in [4.78, 5) is 22.9. The first kappa shape index (κ1) is 22.5. The number of pyridine rings is 1. The van der Waals surface area contributed by atoms with Gasteiger partial charge in [0.1, 0.15) is 0 Å². The number of rotatable bonds is 8. The SMILES string of the molecule is CCN(CC)Cc1ccc(N=Cc2cc(Cl)cc(OC(=O)c3cccnc3)c2O)cc1. The number of benzene rings is 2. The zero-order valence-corrected chi connectivity index (χ0v) is 18.2. The van der Waals surface area contributed by atoms with Crippen molar-refractivity contribution < 1.29 is 14.6 Å². The van der Waals surface area contributed by atoms with Gasteiger partial charge in [-0.2, -0.15) is 0 Å². The number of hydrogen-bond donors (Lipinski definition) is 1. The number of aliphatic imine (C=N–C) groups is 1. The highest BCUT2D eigenvalue weighted by molar-refractivity contribution is 6.31. The highest BCUT2D eigenvalue weighted by atomic mass is 35.5. The number of halogens is 1. The number of ether oxygens (including phenoxy) is 1. The molecule has 0 fully saturated rings. The van der Waals surface area contributed by atoms with Gasteiger partial charge >= 0.3 is 5.97 Å². The molecule has 0 atom stereocenters. The van der Waals surface area contributed by atoms with E-state index in [9.17, 15) is 9.90 Å². The first-order valence-corrected chi connectivity index (χ1v) is 10.4. The maximum Gasteiger partial charge on any atom is 0.345 e. The third kappa shape index (κ3) is 6.13. The molecule has 0 amide bonds. The van der Waals surface area contributed by atoms with Crippen molar-refractivity contribution in [3.05, 3.63) is 82.6 Å². The van der Waals surface area contributed by atoms with Crippen LogP contribution < -0.4 is 4.74 Å². The zero-order chi connectivity index (χ0) is 22.2. The Bertz CT molecular complexity index is 1050. The molecule has 0 bridgehead atoms. The maximum absolute atomic E-state index is 12.3. The summed E-state index contributed by atoms with van der Waals surface area (Å²) < 4.78 is 5.30. The fraction of sp³-hybridized carbons (Fsp3) is 0.208. The summed E-state index contributed by atoms with van der Waals surface area (Å²) in [5, 5.41) is 10.8. The van der Waals surface area contributed by atoms with E-state index in [1.165, 1.54) is 24.0 Å². The van der Waals surface area contributed by atoms with Gasteiger partial charge in [-0.1, -0.05) is 37.6 Å². The lowest BCUT2D eigenvalue weighted by atomic mass is 10.2. The minimum atomic E-state index is -0.641. The summed E-state index contributed by atoms with van der Waals surface area (Å²) in [7, 11) is 0. The number of aromatic hydroxyl groups is 1. The summed E-state index contributed by atoms with van der Waals surface area (Å²) in [6.45, 7) is 7.16. The van der Waals surface area contributed by atoms with Crippen molar-refractivity contribution in [2.45, 2.75) is 20.4 Å². The molecular formula is C24H24ClN3O3. The first-order valence-electron chi connectivity index (χ1n) is 10.00. The van der Waals surface area contributed by atoms with Crippen LogP contribution in [0.15, 0.2) is 65.9 Å². The molecule has 2 aromatic carbocycles. The summed E-state index contributed by atoms with van der Waals surface area (Å²) in [5.41, 5.74) is 2.55. The molecule has 0 saturated carbocycles. The molecule has 0 aliphatic rings. The van der Waals surface area contributed by atoms with Crippen molar-refractivity contribution >= 4 is 29.5 Å². The monoisotopic (exact) mass is 437 g/mol. The Morgan fingerprint density at radius 2 is 1.94 bits per heavy atom. The Kier molecular flexibility index (Phi) is 7.76. The van der Waals surface area contributed by atoms with Crippen LogP contribution in [0, 0.1) is 0 Å². The number of hydrogen-bond acceptors (Lipinski definition) is 6. The van der Waals surface area contributed by atoms with E-state index in [2.05, 4.69) is 28.7 Å². The molecule has 1 N–H and O–H groups in total. The number of carbonyl (C=O) groups is 1. The summed E-state index contributed by atoms with van der Waals surface area (Å²) >= 11 is 6.15. The molecule has 0 unspecified atom stereocenters. The molecule has 3 aromatic rings. The van der Waals surface area contributed by atoms with Gasteiger partial charge in [-0.3, -0.25) is 14.9 Å². The fourth-order valence-corrected chi connectivity index (χ4v) is 3.17. The molecular weight excluding hydrogens is 414 g/mol. The van der Waals surface area contributed by atoms with Crippen LogP contribution in [0.4, 0.5) is 5.69 Å². The fourth-order valence-electron chi connectivity index (χ4n) is 2.95. The van der Waals surface area contributed by atoms with Gasteiger partial charge in [-0.15, -0.1) is 0 Å². The molecule has 0 spiro atoms. The lowest BCUT2D eigenvalue weighted by molar-refractivity contribution is 0.0729. The van der Waals surface area contributed by atoms with Crippen LogP contribution in [0.2, 0.25) is 5.02 Å². The van der Waals surface area contributed by atoms with Crippen LogP contribution in [0.1, 0.15) is 35.3 Å². The normalized spacial score (nSPS) is 11.2. The van der Waals surface area contributed by atoms with E-state index in [1.54, 1.807) is 24.4 Å². The predicted molar refractivity (Wildman–Crippen MR) is 123 cm³/mol. The third-order valence-electron chi connectivity index (χ3n) is 4.76. The van der Waals surface area contributed by atoms with E-state index < -0.39 is 5.97 Å². The Hall–Kier alpha value is -3.22. The van der Waals surface area contributed by atoms with Crippen LogP contribution in [0.3, 0.4) is 0 Å². The van der Waals surface area contributed by atoms with Gasteiger partial charge in [0.25, 0.3) is 0 Å². The van der Waals surface area contributed by atoms with E-state index >= 15 is 0 Å². The molecule has 0 radical (unpaired) electrons. The molecule has 3 rings (SSSR count). The summed E-state index contributed by atoms with van der Waals surface area (Å²) in [5.74, 6) is -0.904. The van der Waals surface area contributed by atoms with Gasteiger partial charge in [-0.05, 0) is 49.0 Å². The van der Waals surface area contributed by atoms with Gasteiger partial charge in [0.05, 0.1) is 11.3 Å². The van der Waals surface area contributed by atoms with Crippen LogP contribution >= 0.6 is 11.6 Å². The number of phenols is 1. The van der Waals surface area contributed by atoms with Crippen LogP contribution in [-0.2, 0) is 6.54 Å². The van der Waals surface area contributed by atoms with E-state index in [4.69, 9.17) is 16.3 Å². The number of nitrogens with zero attached hydrogens (tertiary/aromatic N) is 3. The molecule has 160 valence electrons. The van der Waals surface area contributed by atoms with Crippen molar-refractivity contribution in [2.75, 3.05) is 13.1 Å². The van der Waals surface area contributed by atoms with Crippen molar-refractivity contribution in [3.63, 3.8) is 0 Å². The predicted octanol–water partition coefficient (Wildman–Crippen LogP) is 5.25. The Morgan fingerprint density at radius 1 is 1.19 bits per heavy atom.